The van der Waals surface area contributed by atoms with Crippen LogP contribution in [0.25, 0.3) is 0 Å². The van der Waals surface area contributed by atoms with E-state index in [-0.39, 0.29) is 0 Å². The molecule has 108 valence electrons. The van der Waals surface area contributed by atoms with Crippen LogP contribution in [0.5, 0.6) is 0 Å². The first kappa shape index (κ1) is 15.1. The third-order valence-corrected chi connectivity index (χ3v) is 3.54. The highest BCUT2D eigenvalue weighted by Gasteiger charge is 2.06. The van der Waals surface area contributed by atoms with Gasteiger partial charge in [-0.2, -0.15) is 0 Å². The summed E-state index contributed by atoms with van der Waals surface area (Å²) in [6, 6.07) is 18.9. The molecule has 0 aliphatic carbocycles. The average Bonchev–Trinajstić information content (AvgIpc) is 2.51. The van der Waals surface area contributed by atoms with Gasteiger partial charge in [0, 0.05) is 11.4 Å². The summed E-state index contributed by atoms with van der Waals surface area (Å²) in [6.45, 7) is 7.68. The second-order valence-electron chi connectivity index (χ2n) is 5.31. The number of anilines is 2. The third-order valence-electron chi connectivity index (χ3n) is 3.54. The highest BCUT2D eigenvalue weighted by atomic mass is 14.9. The molecule has 1 heteroatoms. The van der Waals surface area contributed by atoms with Gasteiger partial charge < -0.3 is 5.32 Å². The highest BCUT2D eigenvalue weighted by Crippen LogP contribution is 2.20. The van der Waals surface area contributed by atoms with Gasteiger partial charge in [0.15, 0.2) is 0 Å². The largest absolute Gasteiger partial charge is 0.356 e. The number of para-hydroxylation sites is 1. The Kier molecular flexibility index (Phi) is 5.83. The molecule has 0 aliphatic heterocycles. The Labute approximate surface area is 128 Å². The van der Waals surface area contributed by atoms with Crippen LogP contribution >= 0.6 is 0 Å². The number of hydrogen-bond acceptors (Lipinski definition) is 1. The Morgan fingerprint density at radius 1 is 0.810 bits per heavy atom. The Bertz CT molecular complexity index is 544. The first-order chi connectivity index (χ1) is 10.3. The first-order valence-corrected chi connectivity index (χ1v) is 7.44. The molecule has 0 aromatic heterocycles. The van der Waals surface area contributed by atoms with Crippen molar-refractivity contribution < 1.29 is 0 Å². The molecule has 0 fully saturated rings. The van der Waals surface area contributed by atoms with Crippen molar-refractivity contribution >= 4 is 11.4 Å². The van der Waals surface area contributed by atoms with Crippen molar-refractivity contribution in [2.45, 2.75) is 19.3 Å². The van der Waals surface area contributed by atoms with Crippen molar-refractivity contribution in [1.82, 2.24) is 0 Å². The van der Waals surface area contributed by atoms with E-state index in [9.17, 15) is 0 Å². The molecule has 0 aliphatic rings. The molecule has 1 nitrogen and oxygen atoms in total. The van der Waals surface area contributed by atoms with Gasteiger partial charge in [0.05, 0.1) is 0 Å². The molecule has 0 atom stereocenters. The van der Waals surface area contributed by atoms with E-state index < -0.39 is 0 Å². The average molecular weight is 277 g/mol. The van der Waals surface area contributed by atoms with E-state index in [0.717, 1.165) is 30.6 Å². The number of allylic oxidation sites excluding steroid dienone is 2. The van der Waals surface area contributed by atoms with Crippen LogP contribution in [-0.4, -0.2) is 0 Å². The second kappa shape index (κ2) is 8.11. The third kappa shape index (κ3) is 4.96. The summed E-state index contributed by atoms with van der Waals surface area (Å²) >= 11 is 0. The molecule has 0 amide bonds. The van der Waals surface area contributed by atoms with Crippen LogP contribution in [0, 0.1) is 5.92 Å². The molecule has 0 spiro atoms. The van der Waals surface area contributed by atoms with E-state index in [1.807, 2.05) is 30.4 Å². The minimum atomic E-state index is 0.605. The number of nitrogens with one attached hydrogen (secondary N) is 1. The van der Waals surface area contributed by atoms with Gasteiger partial charge in [-0.05, 0) is 55.0 Å². The van der Waals surface area contributed by atoms with Crippen molar-refractivity contribution in [3.05, 3.63) is 85.5 Å². The van der Waals surface area contributed by atoms with Crippen molar-refractivity contribution in [3.8, 4) is 0 Å². The fraction of sp³-hybridized carbons (Fsp3) is 0.200. The van der Waals surface area contributed by atoms with E-state index in [0.29, 0.717) is 5.92 Å². The predicted molar refractivity (Wildman–Crippen MR) is 93.0 cm³/mol. The second-order valence-corrected chi connectivity index (χ2v) is 5.31. The molecule has 0 saturated heterocycles. The Morgan fingerprint density at radius 2 is 1.38 bits per heavy atom. The molecule has 0 heterocycles. The Morgan fingerprint density at radius 3 is 1.95 bits per heavy atom. The molecule has 0 saturated carbocycles. The van der Waals surface area contributed by atoms with Crippen LogP contribution in [0.2, 0.25) is 0 Å². The molecular weight excluding hydrogens is 254 g/mol. The fourth-order valence-electron chi connectivity index (χ4n) is 2.48. The summed E-state index contributed by atoms with van der Waals surface area (Å²) in [6.07, 6.45) is 7.15. The van der Waals surface area contributed by atoms with Crippen LogP contribution in [-0.2, 0) is 6.42 Å². The van der Waals surface area contributed by atoms with Gasteiger partial charge >= 0.3 is 0 Å². The summed E-state index contributed by atoms with van der Waals surface area (Å²) in [5, 5.41) is 3.40. The van der Waals surface area contributed by atoms with Crippen LogP contribution in [0.1, 0.15) is 18.4 Å². The van der Waals surface area contributed by atoms with Gasteiger partial charge in [-0.25, -0.2) is 0 Å². The lowest BCUT2D eigenvalue weighted by molar-refractivity contribution is 0.540. The molecular formula is C20H23N. The monoisotopic (exact) mass is 277 g/mol. The van der Waals surface area contributed by atoms with Crippen LogP contribution in [0.4, 0.5) is 11.4 Å². The van der Waals surface area contributed by atoms with Gasteiger partial charge in [0.2, 0.25) is 0 Å². The zero-order valence-corrected chi connectivity index (χ0v) is 12.5. The van der Waals surface area contributed by atoms with Crippen LogP contribution < -0.4 is 5.32 Å². The topological polar surface area (TPSA) is 12.0 Å². The normalized spacial score (nSPS) is 10.3. The molecule has 2 aromatic carbocycles. The standard InChI is InChI=1S/C20H23N/c1-3-8-17(9-4-2)16-18-12-14-20(15-13-18)21-19-10-6-5-7-11-19/h3-7,10-15,17,21H,1-2,8-9,16H2. The number of rotatable bonds is 8. The summed E-state index contributed by atoms with van der Waals surface area (Å²) < 4.78 is 0. The molecule has 1 N–H and O–H groups in total. The lowest BCUT2D eigenvalue weighted by atomic mass is 9.93. The predicted octanol–water partition coefficient (Wildman–Crippen LogP) is 5.74. The molecule has 21 heavy (non-hydrogen) atoms. The van der Waals surface area contributed by atoms with Gasteiger partial charge in [-0.3, -0.25) is 0 Å². The van der Waals surface area contributed by atoms with E-state index in [2.05, 4.69) is 54.9 Å². The van der Waals surface area contributed by atoms with Crippen LogP contribution in [0.3, 0.4) is 0 Å². The van der Waals surface area contributed by atoms with Gasteiger partial charge in [-0.1, -0.05) is 42.5 Å². The Hall–Kier alpha value is -2.28. The minimum Gasteiger partial charge on any atom is -0.356 e. The van der Waals surface area contributed by atoms with Crippen molar-refractivity contribution in [2.24, 2.45) is 5.92 Å². The maximum Gasteiger partial charge on any atom is 0.0384 e. The van der Waals surface area contributed by atoms with Crippen molar-refractivity contribution in [2.75, 3.05) is 5.32 Å². The number of benzene rings is 2. The zero-order valence-electron chi connectivity index (χ0n) is 12.5. The lowest BCUT2D eigenvalue weighted by Gasteiger charge is -2.13. The van der Waals surface area contributed by atoms with Gasteiger partial charge in [0.25, 0.3) is 0 Å². The first-order valence-electron chi connectivity index (χ1n) is 7.44. The number of hydrogen-bond donors (Lipinski definition) is 1. The summed E-state index contributed by atoms with van der Waals surface area (Å²) in [4.78, 5) is 0. The lowest BCUT2D eigenvalue weighted by Crippen LogP contribution is -2.02. The summed E-state index contributed by atoms with van der Waals surface area (Å²) in [5.74, 6) is 0.605. The highest BCUT2D eigenvalue weighted by molar-refractivity contribution is 5.59. The minimum absolute atomic E-state index is 0.605. The maximum atomic E-state index is 3.84. The molecule has 2 aromatic rings. The summed E-state index contributed by atoms with van der Waals surface area (Å²) in [5.41, 5.74) is 3.60. The van der Waals surface area contributed by atoms with Gasteiger partial charge in [-0.15, -0.1) is 13.2 Å². The zero-order chi connectivity index (χ0) is 14.9. The van der Waals surface area contributed by atoms with E-state index in [1.165, 1.54) is 5.56 Å². The molecule has 2 rings (SSSR count). The van der Waals surface area contributed by atoms with Crippen molar-refractivity contribution in [1.29, 1.82) is 0 Å². The Balaban J connectivity index is 1.98. The van der Waals surface area contributed by atoms with Gasteiger partial charge in [0.1, 0.15) is 0 Å². The van der Waals surface area contributed by atoms with E-state index in [1.54, 1.807) is 0 Å². The van der Waals surface area contributed by atoms with E-state index in [4.69, 9.17) is 0 Å². The van der Waals surface area contributed by atoms with E-state index >= 15 is 0 Å². The molecule has 0 bridgehead atoms. The fourth-order valence-corrected chi connectivity index (χ4v) is 2.48. The quantitative estimate of drug-likeness (QED) is 0.606. The molecule has 0 radical (unpaired) electrons. The summed E-state index contributed by atoms with van der Waals surface area (Å²) in [7, 11) is 0. The van der Waals surface area contributed by atoms with Crippen LogP contribution in [0.15, 0.2) is 79.9 Å². The smallest absolute Gasteiger partial charge is 0.0384 e. The van der Waals surface area contributed by atoms with Crippen molar-refractivity contribution in [3.63, 3.8) is 0 Å². The molecule has 0 unspecified atom stereocenters. The SMILES string of the molecule is C=CCC(CC=C)Cc1ccc(Nc2ccccc2)cc1. The maximum absolute atomic E-state index is 3.84.